The molecular weight excluding hydrogens is 340 g/mol. The molecule has 4 aromatic carbocycles. The molecule has 0 aliphatic heterocycles. The van der Waals surface area contributed by atoms with E-state index < -0.39 is 0 Å². The fourth-order valence-corrected chi connectivity index (χ4v) is 4.02. The summed E-state index contributed by atoms with van der Waals surface area (Å²) >= 11 is 0. The first-order chi connectivity index (χ1) is 13.9. The molecule has 0 bridgehead atoms. The summed E-state index contributed by atoms with van der Waals surface area (Å²) in [7, 11) is 0. The van der Waals surface area contributed by atoms with Crippen molar-refractivity contribution in [1.82, 2.24) is 0 Å². The van der Waals surface area contributed by atoms with Crippen molar-refractivity contribution in [3.05, 3.63) is 90.5 Å². The lowest BCUT2D eigenvalue weighted by Gasteiger charge is -2.12. The summed E-state index contributed by atoms with van der Waals surface area (Å²) < 4.78 is 5.78. The first-order valence-electron chi connectivity index (χ1n) is 10.5. The predicted octanol–water partition coefficient (Wildman–Crippen LogP) is 7.57. The van der Waals surface area contributed by atoms with Crippen LogP contribution in [0.25, 0.3) is 21.5 Å². The third-order valence-electron chi connectivity index (χ3n) is 5.47. The average molecular weight is 369 g/mol. The van der Waals surface area contributed by atoms with E-state index in [1.807, 2.05) is 30.3 Å². The molecule has 0 fully saturated rings. The molecule has 0 atom stereocenters. The molecule has 0 saturated carbocycles. The van der Waals surface area contributed by atoms with Crippen LogP contribution in [-0.2, 0) is 6.42 Å². The van der Waals surface area contributed by atoms with Gasteiger partial charge in [0.25, 0.3) is 0 Å². The van der Waals surface area contributed by atoms with Crippen molar-refractivity contribution in [2.45, 2.75) is 38.5 Å². The fraction of sp³-hybridized carbons (Fsp3) is 0.259. The SMILES string of the molecule is c1ccc(OCCCCCCCc2c3ccccc3cc3ccccc23)cc1. The van der Waals surface area contributed by atoms with Crippen molar-refractivity contribution < 1.29 is 4.74 Å². The Morgan fingerprint density at radius 1 is 0.536 bits per heavy atom. The lowest BCUT2D eigenvalue weighted by Crippen LogP contribution is -1.97. The van der Waals surface area contributed by atoms with Gasteiger partial charge in [0.2, 0.25) is 0 Å². The van der Waals surface area contributed by atoms with Gasteiger partial charge in [-0.1, -0.05) is 86.0 Å². The Kier molecular flexibility index (Phi) is 6.24. The minimum atomic E-state index is 0.817. The lowest BCUT2D eigenvalue weighted by atomic mass is 9.93. The first-order valence-corrected chi connectivity index (χ1v) is 10.5. The van der Waals surface area contributed by atoms with Gasteiger partial charge in [-0.3, -0.25) is 0 Å². The zero-order chi connectivity index (χ0) is 19.0. The summed E-state index contributed by atoms with van der Waals surface area (Å²) in [4.78, 5) is 0. The van der Waals surface area contributed by atoms with Crippen LogP contribution >= 0.6 is 0 Å². The number of hydrogen-bond acceptors (Lipinski definition) is 1. The Bertz CT molecular complexity index is 966. The van der Waals surface area contributed by atoms with E-state index in [0.717, 1.165) is 25.2 Å². The topological polar surface area (TPSA) is 9.23 Å². The Morgan fingerprint density at radius 2 is 1.11 bits per heavy atom. The second-order valence-electron chi connectivity index (χ2n) is 7.48. The standard InChI is InChI=1S/C27H28O/c1(3-12-20-28-24-15-5-4-6-16-24)2-7-19-27-25-17-10-8-13-22(25)21-23-14-9-11-18-26(23)27/h4-6,8-11,13-18,21H,1-3,7,12,19-20H2. The van der Waals surface area contributed by atoms with Gasteiger partial charge in [-0.05, 0) is 64.6 Å². The highest BCUT2D eigenvalue weighted by Gasteiger charge is 2.07. The van der Waals surface area contributed by atoms with E-state index in [1.165, 1.54) is 52.8 Å². The van der Waals surface area contributed by atoms with E-state index in [1.54, 1.807) is 0 Å². The van der Waals surface area contributed by atoms with Crippen LogP contribution < -0.4 is 4.74 Å². The average Bonchev–Trinajstić information content (AvgIpc) is 2.75. The van der Waals surface area contributed by atoms with Crippen LogP contribution in [0.4, 0.5) is 0 Å². The number of fused-ring (bicyclic) bond motifs is 2. The van der Waals surface area contributed by atoms with Gasteiger partial charge in [-0.15, -0.1) is 0 Å². The minimum Gasteiger partial charge on any atom is -0.494 e. The summed E-state index contributed by atoms with van der Waals surface area (Å²) in [5, 5.41) is 5.54. The molecular formula is C27H28O. The summed E-state index contributed by atoms with van der Waals surface area (Å²) in [6.45, 7) is 0.817. The third kappa shape index (κ3) is 4.54. The van der Waals surface area contributed by atoms with Crippen molar-refractivity contribution in [3.63, 3.8) is 0 Å². The van der Waals surface area contributed by atoms with Gasteiger partial charge >= 0.3 is 0 Å². The fourth-order valence-electron chi connectivity index (χ4n) is 4.02. The van der Waals surface area contributed by atoms with Gasteiger partial charge in [0, 0.05) is 0 Å². The Hall–Kier alpha value is -2.80. The molecule has 0 unspecified atom stereocenters. The highest BCUT2D eigenvalue weighted by molar-refractivity contribution is 6.02. The van der Waals surface area contributed by atoms with E-state index in [2.05, 4.69) is 54.6 Å². The number of unbranched alkanes of at least 4 members (excludes halogenated alkanes) is 4. The van der Waals surface area contributed by atoms with Gasteiger partial charge in [-0.2, -0.15) is 0 Å². The summed E-state index contributed by atoms with van der Waals surface area (Å²) in [6.07, 6.45) is 7.33. The van der Waals surface area contributed by atoms with E-state index in [4.69, 9.17) is 4.74 Å². The number of hydrogen-bond donors (Lipinski definition) is 0. The monoisotopic (exact) mass is 368 g/mol. The Balaban J connectivity index is 1.28. The molecule has 0 saturated heterocycles. The maximum atomic E-state index is 5.78. The van der Waals surface area contributed by atoms with Gasteiger partial charge in [0.15, 0.2) is 0 Å². The van der Waals surface area contributed by atoms with Crippen LogP contribution in [0.1, 0.15) is 37.7 Å². The van der Waals surface area contributed by atoms with Crippen LogP contribution in [0.15, 0.2) is 84.9 Å². The number of ether oxygens (including phenoxy) is 1. The van der Waals surface area contributed by atoms with Crippen LogP contribution in [0.2, 0.25) is 0 Å². The molecule has 0 N–H and O–H groups in total. The van der Waals surface area contributed by atoms with Gasteiger partial charge in [0.05, 0.1) is 6.61 Å². The van der Waals surface area contributed by atoms with Crippen LogP contribution in [0, 0.1) is 0 Å². The Morgan fingerprint density at radius 3 is 1.82 bits per heavy atom. The zero-order valence-electron chi connectivity index (χ0n) is 16.4. The van der Waals surface area contributed by atoms with Crippen molar-refractivity contribution in [1.29, 1.82) is 0 Å². The smallest absolute Gasteiger partial charge is 0.119 e. The molecule has 1 nitrogen and oxygen atoms in total. The van der Waals surface area contributed by atoms with E-state index in [-0.39, 0.29) is 0 Å². The molecule has 1 heteroatoms. The predicted molar refractivity (Wildman–Crippen MR) is 120 cm³/mol. The minimum absolute atomic E-state index is 0.817. The molecule has 0 aliphatic rings. The molecule has 0 radical (unpaired) electrons. The molecule has 142 valence electrons. The second kappa shape index (κ2) is 9.41. The van der Waals surface area contributed by atoms with Crippen molar-refractivity contribution in [2.24, 2.45) is 0 Å². The van der Waals surface area contributed by atoms with Gasteiger partial charge in [-0.25, -0.2) is 0 Å². The summed E-state index contributed by atoms with van der Waals surface area (Å²) in [5.41, 5.74) is 1.51. The maximum absolute atomic E-state index is 5.78. The zero-order valence-corrected chi connectivity index (χ0v) is 16.4. The largest absolute Gasteiger partial charge is 0.494 e. The van der Waals surface area contributed by atoms with Crippen LogP contribution in [0.5, 0.6) is 5.75 Å². The molecule has 0 spiro atoms. The highest BCUT2D eigenvalue weighted by atomic mass is 16.5. The highest BCUT2D eigenvalue weighted by Crippen LogP contribution is 2.29. The van der Waals surface area contributed by atoms with E-state index in [0.29, 0.717) is 0 Å². The summed E-state index contributed by atoms with van der Waals surface area (Å²) in [6, 6.07) is 30.0. The molecule has 0 aromatic heterocycles. The number of benzene rings is 4. The number of para-hydroxylation sites is 1. The van der Waals surface area contributed by atoms with Gasteiger partial charge < -0.3 is 4.74 Å². The second-order valence-corrected chi connectivity index (χ2v) is 7.48. The lowest BCUT2D eigenvalue weighted by molar-refractivity contribution is 0.304. The normalized spacial score (nSPS) is 11.1. The Labute approximate surface area is 168 Å². The number of aryl methyl sites for hydroxylation is 1. The summed E-state index contributed by atoms with van der Waals surface area (Å²) in [5.74, 6) is 0.977. The molecule has 0 heterocycles. The van der Waals surface area contributed by atoms with E-state index in [9.17, 15) is 0 Å². The number of rotatable bonds is 9. The molecule has 0 amide bonds. The molecule has 28 heavy (non-hydrogen) atoms. The van der Waals surface area contributed by atoms with Crippen molar-refractivity contribution in [2.75, 3.05) is 6.61 Å². The quantitative estimate of drug-likeness (QED) is 0.219. The molecule has 4 rings (SSSR count). The van der Waals surface area contributed by atoms with Crippen molar-refractivity contribution >= 4 is 21.5 Å². The third-order valence-corrected chi connectivity index (χ3v) is 5.47. The van der Waals surface area contributed by atoms with Gasteiger partial charge in [0.1, 0.15) is 5.75 Å². The maximum Gasteiger partial charge on any atom is 0.119 e. The van der Waals surface area contributed by atoms with Crippen LogP contribution in [-0.4, -0.2) is 6.61 Å². The first kappa shape index (κ1) is 18.6. The van der Waals surface area contributed by atoms with Crippen LogP contribution in [0.3, 0.4) is 0 Å². The van der Waals surface area contributed by atoms with E-state index >= 15 is 0 Å². The van der Waals surface area contributed by atoms with Crippen molar-refractivity contribution in [3.8, 4) is 5.75 Å². The molecule has 0 aliphatic carbocycles. The molecule has 4 aromatic rings.